The summed E-state index contributed by atoms with van der Waals surface area (Å²) < 4.78 is 11.2. The van der Waals surface area contributed by atoms with E-state index in [-0.39, 0.29) is 24.7 Å². The Balaban J connectivity index is 1.67. The molecule has 0 aliphatic carbocycles. The van der Waals surface area contributed by atoms with Crippen LogP contribution < -0.4 is 0 Å². The van der Waals surface area contributed by atoms with Gasteiger partial charge in [-0.2, -0.15) is 0 Å². The molecule has 6 nitrogen and oxygen atoms in total. The predicted molar refractivity (Wildman–Crippen MR) is 97.6 cm³/mol. The molecule has 2 heterocycles. The van der Waals surface area contributed by atoms with Crippen molar-refractivity contribution in [3.05, 3.63) is 35.9 Å². The highest BCUT2D eigenvalue weighted by Crippen LogP contribution is 2.32. The van der Waals surface area contributed by atoms with Crippen molar-refractivity contribution in [2.24, 2.45) is 0 Å². The van der Waals surface area contributed by atoms with Gasteiger partial charge >= 0.3 is 6.09 Å². The Labute approximate surface area is 155 Å². The van der Waals surface area contributed by atoms with Gasteiger partial charge in [-0.15, -0.1) is 0 Å². The number of morpholine rings is 1. The van der Waals surface area contributed by atoms with E-state index in [0.29, 0.717) is 26.1 Å². The molecule has 3 unspecified atom stereocenters. The van der Waals surface area contributed by atoms with Crippen LogP contribution in [0.3, 0.4) is 0 Å². The van der Waals surface area contributed by atoms with Crippen LogP contribution in [0.2, 0.25) is 0 Å². The molecule has 26 heavy (non-hydrogen) atoms. The zero-order chi connectivity index (χ0) is 18.7. The second-order valence-corrected chi connectivity index (χ2v) is 7.54. The largest absolute Gasteiger partial charge is 0.445 e. The van der Waals surface area contributed by atoms with Crippen molar-refractivity contribution in [2.45, 2.75) is 58.0 Å². The first kappa shape index (κ1) is 18.7. The highest BCUT2D eigenvalue weighted by atomic mass is 16.6. The van der Waals surface area contributed by atoms with Crippen molar-refractivity contribution in [3.63, 3.8) is 0 Å². The highest BCUT2D eigenvalue weighted by Gasteiger charge is 2.49. The summed E-state index contributed by atoms with van der Waals surface area (Å²) >= 11 is 0. The van der Waals surface area contributed by atoms with Gasteiger partial charge in [-0.05, 0) is 39.2 Å². The van der Waals surface area contributed by atoms with Gasteiger partial charge in [0.1, 0.15) is 12.1 Å². The lowest BCUT2D eigenvalue weighted by atomic mass is 9.96. The molecule has 0 N–H and O–H groups in total. The first-order valence-corrected chi connectivity index (χ1v) is 9.33. The van der Waals surface area contributed by atoms with Gasteiger partial charge in [-0.25, -0.2) is 4.79 Å². The fourth-order valence-corrected chi connectivity index (χ4v) is 3.96. The number of benzene rings is 1. The van der Waals surface area contributed by atoms with Crippen molar-refractivity contribution < 1.29 is 19.1 Å². The van der Waals surface area contributed by atoms with Crippen LogP contribution in [0, 0.1) is 0 Å². The van der Waals surface area contributed by atoms with E-state index in [1.165, 1.54) is 0 Å². The van der Waals surface area contributed by atoms with E-state index in [1.807, 2.05) is 56.0 Å². The van der Waals surface area contributed by atoms with E-state index in [2.05, 4.69) is 0 Å². The maximum atomic E-state index is 13.2. The Morgan fingerprint density at radius 2 is 1.85 bits per heavy atom. The molecule has 0 spiro atoms. The first-order chi connectivity index (χ1) is 12.4. The van der Waals surface area contributed by atoms with Gasteiger partial charge in [0.25, 0.3) is 0 Å². The van der Waals surface area contributed by atoms with E-state index in [4.69, 9.17) is 9.47 Å². The highest BCUT2D eigenvalue weighted by molar-refractivity contribution is 5.90. The molecule has 0 bridgehead atoms. The number of ether oxygens (including phenoxy) is 2. The van der Waals surface area contributed by atoms with Gasteiger partial charge in [-0.3, -0.25) is 9.69 Å². The Hall–Kier alpha value is -2.08. The second-order valence-electron chi connectivity index (χ2n) is 7.54. The Morgan fingerprint density at radius 3 is 2.50 bits per heavy atom. The van der Waals surface area contributed by atoms with Crippen molar-refractivity contribution in [3.8, 4) is 0 Å². The fourth-order valence-electron chi connectivity index (χ4n) is 3.96. The number of likely N-dealkylation sites (tertiary alicyclic amines) is 1. The Kier molecular flexibility index (Phi) is 5.51. The van der Waals surface area contributed by atoms with Crippen LogP contribution in [0.4, 0.5) is 4.79 Å². The Bertz CT molecular complexity index is 640. The molecule has 3 atom stereocenters. The monoisotopic (exact) mass is 360 g/mol. The molecule has 2 aliphatic heterocycles. The number of hydrogen-bond donors (Lipinski definition) is 0. The minimum absolute atomic E-state index is 0.00573. The van der Waals surface area contributed by atoms with Crippen LogP contribution in [-0.2, 0) is 20.9 Å². The smallest absolute Gasteiger partial charge is 0.410 e. The van der Waals surface area contributed by atoms with Crippen LogP contribution in [0.1, 0.15) is 39.2 Å². The van der Waals surface area contributed by atoms with Gasteiger partial charge < -0.3 is 14.4 Å². The molecular formula is C20H28N2O4. The summed E-state index contributed by atoms with van der Waals surface area (Å²) in [5, 5.41) is 0. The van der Waals surface area contributed by atoms with Gasteiger partial charge in [0.2, 0.25) is 5.91 Å². The number of carbonyl (C=O) groups excluding carboxylic acids is 2. The molecule has 1 aromatic rings. The molecule has 2 aliphatic rings. The van der Waals surface area contributed by atoms with E-state index in [1.54, 1.807) is 4.90 Å². The molecule has 0 saturated carbocycles. The van der Waals surface area contributed by atoms with E-state index < -0.39 is 11.6 Å². The molecule has 1 aromatic carbocycles. The average molecular weight is 360 g/mol. The molecule has 0 aromatic heterocycles. The third-order valence-corrected chi connectivity index (χ3v) is 5.23. The summed E-state index contributed by atoms with van der Waals surface area (Å²) in [4.78, 5) is 29.3. The quantitative estimate of drug-likeness (QED) is 0.832. The van der Waals surface area contributed by atoms with E-state index in [9.17, 15) is 9.59 Å². The second kappa shape index (κ2) is 7.66. The lowest BCUT2D eigenvalue weighted by Crippen LogP contribution is -2.60. The molecule has 3 rings (SSSR count). The Morgan fingerprint density at radius 1 is 1.19 bits per heavy atom. The maximum Gasteiger partial charge on any atom is 0.410 e. The van der Waals surface area contributed by atoms with Gasteiger partial charge in [0.15, 0.2) is 0 Å². The molecule has 2 amide bonds. The molecular weight excluding hydrogens is 332 g/mol. The number of amides is 2. The lowest BCUT2D eigenvalue weighted by Gasteiger charge is -2.42. The van der Waals surface area contributed by atoms with Gasteiger partial charge in [-0.1, -0.05) is 30.3 Å². The van der Waals surface area contributed by atoms with Crippen molar-refractivity contribution >= 4 is 12.0 Å². The van der Waals surface area contributed by atoms with Crippen LogP contribution in [0.5, 0.6) is 0 Å². The summed E-state index contributed by atoms with van der Waals surface area (Å²) in [6.45, 7) is 7.68. The minimum Gasteiger partial charge on any atom is -0.445 e. The van der Waals surface area contributed by atoms with Crippen molar-refractivity contribution in [1.82, 2.24) is 9.80 Å². The number of nitrogens with zero attached hydrogens (tertiary/aromatic N) is 2. The number of hydrogen-bond acceptors (Lipinski definition) is 4. The minimum atomic E-state index is -0.843. The lowest BCUT2D eigenvalue weighted by molar-refractivity contribution is -0.152. The standard InChI is InChI=1S/C20H28N2O4/c1-15-12-21(13-16(2)26-15)18(23)20(3)10-7-11-22(20)19(24)25-14-17-8-5-4-6-9-17/h4-6,8-9,15-16H,7,10-14H2,1-3H3. The third-order valence-electron chi connectivity index (χ3n) is 5.23. The molecule has 142 valence electrons. The van der Waals surface area contributed by atoms with Gasteiger partial charge in [0, 0.05) is 19.6 Å². The molecule has 2 fully saturated rings. The van der Waals surface area contributed by atoms with Crippen LogP contribution in [0.15, 0.2) is 30.3 Å². The maximum absolute atomic E-state index is 13.2. The van der Waals surface area contributed by atoms with Crippen molar-refractivity contribution in [1.29, 1.82) is 0 Å². The normalized spacial score (nSPS) is 28.9. The summed E-state index contributed by atoms with van der Waals surface area (Å²) in [5.41, 5.74) is 0.0915. The predicted octanol–water partition coefficient (Wildman–Crippen LogP) is 2.81. The number of carbonyl (C=O) groups is 2. The number of rotatable bonds is 3. The average Bonchev–Trinajstić information content (AvgIpc) is 3.02. The SMILES string of the molecule is CC1CN(C(=O)C2(C)CCCN2C(=O)OCc2ccccc2)CC(C)O1. The van der Waals surface area contributed by atoms with Crippen molar-refractivity contribution in [2.75, 3.05) is 19.6 Å². The molecule has 6 heteroatoms. The van der Waals surface area contributed by atoms with E-state index in [0.717, 1.165) is 12.0 Å². The van der Waals surface area contributed by atoms with Crippen LogP contribution in [0.25, 0.3) is 0 Å². The summed E-state index contributed by atoms with van der Waals surface area (Å²) in [6, 6.07) is 9.57. The topological polar surface area (TPSA) is 59.1 Å². The van der Waals surface area contributed by atoms with Crippen LogP contribution >= 0.6 is 0 Å². The third kappa shape index (κ3) is 3.85. The summed E-state index contributed by atoms with van der Waals surface area (Å²) in [6.07, 6.45) is 1.05. The first-order valence-electron chi connectivity index (χ1n) is 9.33. The molecule has 0 radical (unpaired) electrons. The van der Waals surface area contributed by atoms with E-state index >= 15 is 0 Å². The zero-order valence-electron chi connectivity index (χ0n) is 15.8. The van der Waals surface area contributed by atoms with Gasteiger partial charge in [0.05, 0.1) is 12.2 Å². The fraction of sp³-hybridized carbons (Fsp3) is 0.600. The molecule has 2 saturated heterocycles. The van der Waals surface area contributed by atoms with Crippen LogP contribution in [-0.4, -0.2) is 59.2 Å². The summed E-state index contributed by atoms with van der Waals surface area (Å²) in [5.74, 6) is -0.00587. The summed E-state index contributed by atoms with van der Waals surface area (Å²) in [7, 11) is 0. The zero-order valence-corrected chi connectivity index (χ0v) is 15.8.